The molecule has 5 nitrogen and oxygen atoms in total. The molecule has 4 saturated carbocycles. The second-order valence-electron chi connectivity index (χ2n) is 8.38. The van der Waals surface area contributed by atoms with E-state index in [0.717, 1.165) is 17.8 Å². The summed E-state index contributed by atoms with van der Waals surface area (Å²) in [5.74, 6) is 2.48. The Kier molecular flexibility index (Phi) is 3.44. The van der Waals surface area contributed by atoms with Crippen molar-refractivity contribution in [3.63, 3.8) is 0 Å². The maximum absolute atomic E-state index is 12.8. The Morgan fingerprint density at radius 3 is 2.17 bits per heavy atom. The summed E-state index contributed by atoms with van der Waals surface area (Å²) in [5.41, 5.74) is 0.746. The van der Waals surface area contributed by atoms with Crippen LogP contribution in [0.1, 0.15) is 51.1 Å². The normalized spacial score (nSPS) is 37.3. The summed E-state index contributed by atoms with van der Waals surface area (Å²) < 4.78 is 30.2. The van der Waals surface area contributed by atoms with Crippen molar-refractivity contribution in [3.8, 4) is 0 Å². The van der Waals surface area contributed by atoms with Crippen LogP contribution in [0.5, 0.6) is 0 Å². The molecule has 4 bridgehead atoms. The molecule has 0 radical (unpaired) electrons. The van der Waals surface area contributed by atoms with Gasteiger partial charge in [-0.1, -0.05) is 0 Å². The summed E-state index contributed by atoms with van der Waals surface area (Å²) in [7, 11) is -1.74. The number of sulfonamides is 1. The van der Waals surface area contributed by atoms with E-state index in [-0.39, 0.29) is 11.5 Å². The van der Waals surface area contributed by atoms with Gasteiger partial charge in [0, 0.05) is 19.3 Å². The standard InChI is InChI=1S/C17H27N3O2S/c1-11-16(10-20(3)18-11)23(21,22)19-12(2)17-7-13-4-14(8-17)6-15(5-13)9-17/h10,12-15,19H,4-9H2,1-3H3. The number of aryl methyl sites for hydroxylation is 2. The Bertz CT molecular complexity index is 687. The summed E-state index contributed by atoms with van der Waals surface area (Å²) in [5, 5.41) is 4.17. The van der Waals surface area contributed by atoms with Crippen LogP contribution in [0, 0.1) is 30.1 Å². The van der Waals surface area contributed by atoms with Crippen molar-refractivity contribution < 1.29 is 8.42 Å². The molecule has 1 atom stereocenters. The van der Waals surface area contributed by atoms with Crippen LogP contribution in [0.4, 0.5) is 0 Å². The molecule has 0 aliphatic heterocycles. The first-order valence-corrected chi connectivity index (χ1v) is 10.3. The molecule has 4 fully saturated rings. The minimum atomic E-state index is -3.50. The Morgan fingerprint density at radius 2 is 1.74 bits per heavy atom. The molecule has 0 spiro atoms. The van der Waals surface area contributed by atoms with Crippen molar-refractivity contribution in [2.45, 2.75) is 63.3 Å². The van der Waals surface area contributed by atoms with E-state index in [0.29, 0.717) is 10.6 Å². The molecular weight excluding hydrogens is 310 g/mol. The zero-order valence-electron chi connectivity index (χ0n) is 14.2. The summed E-state index contributed by atoms with van der Waals surface area (Å²) >= 11 is 0. The number of rotatable bonds is 4. The van der Waals surface area contributed by atoms with Gasteiger partial charge in [-0.15, -0.1) is 0 Å². The number of hydrogen-bond acceptors (Lipinski definition) is 3. The predicted molar refractivity (Wildman–Crippen MR) is 88.3 cm³/mol. The molecular formula is C17H27N3O2S. The van der Waals surface area contributed by atoms with E-state index < -0.39 is 10.0 Å². The van der Waals surface area contributed by atoms with E-state index >= 15 is 0 Å². The third-order valence-corrected chi connectivity index (χ3v) is 8.24. The molecule has 0 amide bonds. The van der Waals surface area contributed by atoms with Gasteiger partial charge < -0.3 is 0 Å². The monoisotopic (exact) mass is 337 g/mol. The van der Waals surface area contributed by atoms with Crippen molar-refractivity contribution in [2.75, 3.05) is 0 Å². The average molecular weight is 337 g/mol. The molecule has 1 aromatic heterocycles. The first-order chi connectivity index (χ1) is 10.8. The first kappa shape index (κ1) is 15.6. The zero-order chi connectivity index (χ0) is 16.4. The van der Waals surface area contributed by atoms with Gasteiger partial charge in [0.2, 0.25) is 10.0 Å². The van der Waals surface area contributed by atoms with E-state index in [1.165, 1.54) is 38.5 Å². The molecule has 4 aliphatic carbocycles. The van der Waals surface area contributed by atoms with Gasteiger partial charge in [-0.3, -0.25) is 4.68 Å². The van der Waals surface area contributed by atoms with Crippen molar-refractivity contribution in [1.29, 1.82) is 0 Å². The molecule has 5 rings (SSSR count). The van der Waals surface area contributed by atoms with Gasteiger partial charge in [0.15, 0.2) is 0 Å². The molecule has 1 heterocycles. The first-order valence-electron chi connectivity index (χ1n) is 8.80. The van der Waals surface area contributed by atoms with Gasteiger partial charge in [-0.05, 0) is 75.5 Å². The van der Waals surface area contributed by atoms with Crippen LogP contribution in [0.25, 0.3) is 0 Å². The molecule has 1 unspecified atom stereocenters. The maximum atomic E-state index is 12.8. The van der Waals surface area contributed by atoms with Crippen LogP contribution < -0.4 is 4.72 Å². The third kappa shape index (κ3) is 2.54. The van der Waals surface area contributed by atoms with Crippen LogP contribution in [0.2, 0.25) is 0 Å². The van der Waals surface area contributed by atoms with Crippen LogP contribution in [-0.2, 0) is 17.1 Å². The summed E-state index contributed by atoms with van der Waals surface area (Å²) in [4.78, 5) is 0.316. The Labute approximate surface area is 138 Å². The van der Waals surface area contributed by atoms with Crippen molar-refractivity contribution in [1.82, 2.24) is 14.5 Å². The van der Waals surface area contributed by atoms with E-state index in [1.54, 1.807) is 24.9 Å². The molecule has 128 valence electrons. The van der Waals surface area contributed by atoms with Crippen molar-refractivity contribution in [2.24, 2.45) is 30.2 Å². The summed E-state index contributed by atoms with van der Waals surface area (Å²) in [6.45, 7) is 3.83. The number of hydrogen-bond donors (Lipinski definition) is 1. The molecule has 6 heteroatoms. The predicted octanol–water partition coefficient (Wildman–Crippen LogP) is 2.61. The lowest BCUT2D eigenvalue weighted by atomic mass is 9.48. The van der Waals surface area contributed by atoms with Gasteiger partial charge in [-0.25, -0.2) is 13.1 Å². The number of nitrogens with one attached hydrogen (secondary N) is 1. The highest BCUT2D eigenvalue weighted by Gasteiger charge is 2.53. The lowest BCUT2D eigenvalue weighted by Gasteiger charge is -2.59. The van der Waals surface area contributed by atoms with Crippen LogP contribution in [0.3, 0.4) is 0 Å². The average Bonchev–Trinajstić information content (AvgIpc) is 2.76. The summed E-state index contributed by atoms with van der Waals surface area (Å²) in [6.07, 6.45) is 9.34. The topological polar surface area (TPSA) is 64.0 Å². The van der Waals surface area contributed by atoms with E-state index in [2.05, 4.69) is 16.7 Å². The van der Waals surface area contributed by atoms with Gasteiger partial charge in [0.05, 0.1) is 5.69 Å². The number of aromatic nitrogens is 2. The highest BCUT2D eigenvalue weighted by molar-refractivity contribution is 7.89. The molecule has 4 aliphatic rings. The fourth-order valence-electron chi connectivity index (χ4n) is 5.97. The summed E-state index contributed by atoms with van der Waals surface area (Å²) in [6, 6.07) is 0.000469. The largest absolute Gasteiger partial charge is 0.274 e. The third-order valence-electron chi connectivity index (χ3n) is 6.59. The maximum Gasteiger partial charge on any atom is 0.244 e. The fourth-order valence-corrected chi connectivity index (χ4v) is 7.53. The van der Waals surface area contributed by atoms with Crippen LogP contribution >= 0.6 is 0 Å². The Morgan fingerprint density at radius 1 is 1.22 bits per heavy atom. The van der Waals surface area contributed by atoms with E-state index in [1.807, 2.05) is 0 Å². The minimum Gasteiger partial charge on any atom is -0.274 e. The Balaban J connectivity index is 1.58. The smallest absolute Gasteiger partial charge is 0.244 e. The lowest BCUT2D eigenvalue weighted by molar-refractivity contribution is -0.0666. The SMILES string of the molecule is Cc1nn(C)cc1S(=O)(=O)NC(C)C12CC3CC(CC(C3)C1)C2. The molecule has 0 aromatic carbocycles. The van der Waals surface area contributed by atoms with Gasteiger partial charge in [0.1, 0.15) is 4.90 Å². The zero-order valence-corrected chi connectivity index (χ0v) is 15.1. The second kappa shape index (κ2) is 5.06. The minimum absolute atomic E-state index is 0.000469. The molecule has 0 saturated heterocycles. The van der Waals surface area contributed by atoms with Crippen molar-refractivity contribution >= 4 is 10.0 Å². The van der Waals surface area contributed by atoms with Gasteiger partial charge >= 0.3 is 0 Å². The van der Waals surface area contributed by atoms with Crippen molar-refractivity contribution in [3.05, 3.63) is 11.9 Å². The fraction of sp³-hybridized carbons (Fsp3) is 0.824. The van der Waals surface area contributed by atoms with Crippen LogP contribution in [-0.4, -0.2) is 24.2 Å². The highest BCUT2D eigenvalue weighted by atomic mass is 32.2. The second-order valence-corrected chi connectivity index (χ2v) is 10.1. The van der Waals surface area contributed by atoms with Crippen LogP contribution in [0.15, 0.2) is 11.1 Å². The molecule has 1 aromatic rings. The molecule has 1 N–H and O–H groups in total. The molecule has 23 heavy (non-hydrogen) atoms. The lowest BCUT2D eigenvalue weighted by Crippen LogP contribution is -2.55. The van der Waals surface area contributed by atoms with E-state index in [9.17, 15) is 8.42 Å². The van der Waals surface area contributed by atoms with Gasteiger partial charge in [-0.2, -0.15) is 5.10 Å². The van der Waals surface area contributed by atoms with E-state index in [4.69, 9.17) is 0 Å². The Hall–Kier alpha value is -0.880. The highest BCUT2D eigenvalue weighted by Crippen LogP contribution is 2.61. The van der Waals surface area contributed by atoms with Gasteiger partial charge in [0.25, 0.3) is 0 Å². The quantitative estimate of drug-likeness (QED) is 0.918. The number of nitrogens with zero attached hydrogens (tertiary/aromatic N) is 2.